The minimum atomic E-state index is -0.546. The van der Waals surface area contributed by atoms with E-state index >= 15 is 0 Å². The Balaban J connectivity index is 1.87. The fourth-order valence-corrected chi connectivity index (χ4v) is 2.13. The van der Waals surface area contributed by atoms with E-state index in [-0.39, 0.29) is 5.97 Å². The molecule has 1 aromatic rings. The number of nitrogens with two attached hydrogens (primary N) is 1. The van der Waals surface area contributed by atoms with E-state index in [0.717, 1.165) is 31.6 Å². The number of rotatable bonds is 4. The molecule has 0 aliphatic carbocycles. The van der Waals surface area contributed by atoms with Crippen LogP contribution in [0.2, 0.25) is 0 Å². The summed E-state index contributed by atoms with van der Waals surface area (Å²) in [7, 11) is 0. The molecule has 1 aliphatic rings. The normalized spacial score (nSPS) is 17.7. The van der Waals surface area contributed by atoms with Gasteiger partial charge in [-0.2, -0.15) is 0 Å². The van der Waals surface area contributed by atoms with E-state index in [0.29, 0.717) is 0 Å². The summed E-state index contributed by atoms with van der Waals surface area (Å²) >= 11 is 0. The van der Waals surface area contributed by atoms with Crippen molar-refractivity contribution in [3.63, 3.8) is 0 Å². The SMILES string of the molecule is CC(N)OC(=O)C1=CCN(Cc2ccccc2)CC1. The number of carbonyl (C=O) groups is 1. The van der Waals surface area contributed by atoms with E-state index in [1.807, 2.05) is 24.3 Å². The summed E-state index contributed by atoms with van der Waals surface area (Å²) in [6.45, 7) is 4.21. The number of ether oxygens (including phenoxy) is 1. The van der Waals surface area contributed by atoms with Crippen molar-refractivity contribution in [1.29, 1.82) is 0 Å². The zero-order valence-corrected chi connectivity index (χ0v) is 11.2. The van der Waals surface area contributed by atoms with Crippen LogP contribution in [0.5, 0.6) is 0 Å². The lowest BCUT2D eigenvalue weighted by molar-refractivity contribution is -0.143. The largest absolute Gasteiger partial charge is 0.444 e. The third kappa shape index (κ3) is 4.19. The van der Waals surface area contributed by atoms with Crippen LogP contribution in [-0.4, -0.2) is 30.2 Å². The molecule has 1 heterocycles. The first-order chi connectivity index (χ1) is 9.15. The topological polar surface area (TPSA) is 55.6 Å². The molecule has 0 fully saturated rings. The van der Waals surface area contributed by atoms with Crippen molar-refractivity contribution in [1.82, 2.24) is 4.90 Å². The summed E-state index contributed by atoms with van der Waals surface area (Å²) in [6, 6.07) is 10.3. The third-order valence-electron chi connectivity index (χ3n) is 3.10. The predicted molar refractivity (Wildman–Crippen MR) is 74.2 cm³/mol. The van der Waals surface area contributed by atoms with Gasteiger partial charge in [-0.1, -0.05) is 36.4 Å². The van der Waals surface area contributed by atoms with E-state index in [1.165, 1.54) is 5.56 Å². The van der Waals surface area contributed by atoms with Gasteiger partial charge in [0.15, 0.2) is 0 Å². The molecule has 4 nitrogen and oxygen atoms in total. The summed E-state index contributed by atoms with van der Waals surface area (Å²) < 4.78 is 5.00. The van der Waals surface area contributed by atoms with Crippen LogP contribution in [0.1, 0.15) is 18.9 Å². The van der Waals surface area contributed by atoms with Crippen molar-refractivity contribution in [3.05, 3.63) is 47.5 Å². The van der Waals surface area contributed by atoms with Crippen LogP contribution in [0, 0.1) is 0 Å². The number of carbonyl (C=O) groups excluding carboxylic acids is 1. The van der Waals surface area contributed by atoms with Gasteiger partial charge >= 0.3 is 5.97 Å². The molecule has 0 saturated carbocycles. The lowest BCUT2D eigenvalue weighted by Gasteiger charge is -2.25. The molecule has 1 aliphatic heterocycles. The molecular formula is C15H20N2O2. The number of hydrogen-bond donors (Lipinski definition) is 1. The Morgan fingerprint density at radius 1 is 1.42 bits per heavy atom. The molecule has 2 N–H and O–H groups in total. The van der Waals surface area contributed by atoms with Crippen molar-refractivity contribution in [2.24, 2.45) is 5.73 Å². The van der Waals surface area contributed by atoms with Crippen molar-refractivity contribution >= 4 is 5.97 Å². The molecule has 1 unspecified atom stereocenters. The van der Waals surface area contributed by atoms with Gasteiger partial charge in [-0.25, -0.2) is 4.79 Å². The van der Waals surface area contributed by atoms with Crippen LogP contribution < -0.4 is 5.73 Å². The van der Waals surface area contributed by atoms with E-state index in [1.54, 1.807) is 6.92 Å². The molecule has 1 aromatic carbocycles. The maximum atomic E-state index is 11.7. The summed E-state index contributed by atoms with van der Waals surface area (Å²) in [4.78, 5) is 14.0. The quantitative estimate of drug-likeness (QED) is 0.661. The number of nitrogens with zero attached hydrogens (tertiary/aromatic N) is 1. The summed E-state index contributed by atoms with van der Waals surface area (Å²) in [5, 5.41) is 0. The van der Waals surface area contributed by atoms with Crippen molar-refractivity contribution in [2.45, 2.75) is 26.1 Å². The maximum Gasteiger partial charge on any atom is 0.335 e. The van der Waals surface area contributed by atoms with E-state index in [4.69, 9.17) is 10.5 Å². The molecule has 0 saturated heterocycles. The molecule has 102 valence electrons. The first kappa shape index (κ1) is 13.8. The molecule has 1 atom stereocenters. The first-order valence-electron chi connectivity index (χ1n) is 6.57. The fraction of sp³-hybridized carbons (Fsp3) is 0.400. The van der Waals surface area contributed by atoms with Crippen LogP contribution in [0.25, 0.3) is 0 Å². The smallest absolute Gasteiger partial charge is 0.335 e. The van der Waals surface area contributed by atoms with Gasteiger partial charge in [-0.15, -0.1) is 0 Å². The van der Waals surface area contributed by atoms with Crippen LogP contribution in [0.3, 0.4) is 0 Å². The maximum absolute atomic E-state index is 11.7. The summed E-state index contributed by atoms with van der Waals surface area (Å²) in [5.41, 5.74) is 7.48. The van der Waals surface area contributed by atoms with Gasteiger partial charge in [-0.3, -0.25) is 10.6 Å². The van der Waals surface area contributed by atoms with Gasteiger partial charge in [0.05, 0.1) is 0 Å². The molecule has 0 aromatic heterocycles. The second-order valence-electron chi connectivity index (χ2n) is 4.81. The Kier molecular flexibility index (Phi) is 4.71. The lowest BCUT2D eigenvalue weighted by atomic mass is 10.1. The monoisotopic (exact) mass is 260 g/mol. The Morgan fingerprint density at radius 2 is 2.16 bits per heavy atom. The van der Waals surface area contributed by atoms with Gasteiger partial charge < -0.3 is 4.74 Å². The molecule has 2 rings (SSSR count). The zero-order valence-electron chi connectivity index (χ0n) is 11.2. The molecule has 0 amide bonds. The summed E-state index contributed by atoms with van der Waals surface area (Å²) in [5.74, 6) is -0.283. The third-order valence-corrected chi connectivity index (χ3v) is 3.10. The Bertz CT molecular complexity index is 454. The van der Waals surface area contributed by atoms with E-state index < -0.39 is 6.23 Å². The van der Waals surface area contributed by atoms with Gasteiger partial charge in [0.1, 0.15) is 6.23 Å². The van der Waals surface area contributed by atoms with Gasteiger partial charge in [0.25, 0.3) is 0 Å². The second-order valence-corrected chi connectivity index (χ2v) is 4.81. The predicted octanol–water partition coefficient (Wildman–Crippen LogP) is 1.67. The molecule has 19 heavy (non-hydrogen) atoms. The van der Waals surface area contributed by atoms with Crippen molar-refractivity contribution in [2.75, 3.05) is 13.1 Å². The van der Waals surface area contributed by atoms with E-state index in [2.05, 4.69) is 17.0 Å². The molecule has 4 heteroatoms. The fourth-order valence-electron chi connectivity index (χ4n) is 2.13. The van der Waals surface area contributed by atoms with Gasteiger partial charge in [-0.05, 0) is 18.9 Å². The highest BCUT2D eigenvalue weighted by Gasteiger charge is 2.18. The average Bonchev–Trinajstić information content (AvgIpc) is 2.40. The van der Waals surface area contributed by atoms with Crippen LogP contribution in [0.4, 0.5) is 0 Å². The highest BCUT2D eigenvalue weighted by atomic mass is 16.6. The minimum Gasteiger partial charge on any atom is -0.444 e. The zero-order chi connectivity index (χ0) is 13.7. The van der Waals surface area contributed by atoms with Crippen LogP contribution in [-0.2, 0) is 16.1 Å². The Hall–Kier alpha value is -1.65. The number of esters is 1. The summed E-state index contributed by atoms with van der Waals surface area (Å²) in [6.07, 6.45) is 2.12. The van der Waals surface area contributed by atoms with Gasteiger partial charge in [0.2, 0.25) is 0 Å². The van der Waals surface area contributed by atoms with Crippen LogP contribution >= 0.6 is 0 Å². The van der Waals surface area contributed by atoms with Crippen molar-refractivity contribution < 1.29 is 9.53 Å². The van der Waals surface area contributed by atoms with E-state index in [9.17, 15) is 4.79 Å². The highest BCUT2D eigenvalue weighted by Crippen LogP contribution is 2.15. The van der Waals surface area contributed by atoms with Gasteiger partial charge in [0, 0.05) is 25.2 Å². The molecule has 0 bridgehead atoms. The van der Waals surface area contributed by atoms with Crippen LogP contribution in [0.15, 0.2) is 42.0 Å². The second kappa shape index (κ2) is 6.50. The highest BCUT2D eigenvalue weighted by molar-refractivity contribution is 5.88. The Morgan fingerprint density at radius 3 is 2.74 bits per heavy atom. The first-order valence-corrected chi connectivity index (χ1v) is 6.57. The van der Waals surface area contributed by atoms with Crippen molar-refractivity contribution in [3.8, 4) is 0 Å². The minimum absolute atomic E-state index is 0.283. The average molecular weight is 260 g/mol. The number of benzene rings is 1. The molecule has 0 radical (unpaired) electrons. The molecular weight excluding hydrogens is 240 g/mol. The lowest BCUT2D eigenvalue weighted by Crippen LogP contribution is -2.32. The molecule has 0 spiro atoms. The Labute approximate surface area is 113 Å². The standard InChI is InChI=1S/C15H20N2O2/c1-12(16)19-15(18)14-7-9-17(10-8-14)11-13-5-3-2-4-6-13/h2-7,12H,8-11,16H2,1H3. The number of hydrogen-bond acceptors (Lipinski definition) is 4.